The number of hydrogen-bond acceptors (Lipinski definition) is 4. The molecule has 0 unspecified atom stereocenters. The van der Waals surface area contributed by atoms with E-state index in [9.17, 15) is 9.59 Å². The molecule has 0 atom stereocenters. The van der Waals surface area contributed by atoms with Crippen LogP contribution in [0.3, 0.4) is 0 Å². The molecule has 5 nitrogen and oxygen atoms in total. The summed E-state index contributed by atoms with van der Waals surface area (Å²) in [4.78, 5) is 24.8. The number of anilines is 1. The minimum Gasteiger partial charge on any atom is -0.451 e. The standard InChI is InChI=1S/C20H19BrN2O3S/c1-12-9-13(21)7-8-16(12)23-18(24)10-22-20(25)19-15(11-27-2)14-5-3-4-6-17(14)26-19/h3-9H,10-11H2,1-2H3,(H,22,25)(H,23,24). The third-order valence-corrected chi connectivity index (χ3v) is 5.14. The highest BCUT2D eigenvalue weighted by atomic mass is 79.9. The largest absolute Gasteiger partial charge is 0.451 e. The van der Waals surface area contributed by atoms with Crippen molar-refractivity contribution in [2.75, 3.05) is 18.1 Å². The van der Waals surface area contributed by atoms with E-state index in [2.05, 4.69) is 26.6 Å². The molecule has 3 aromatic rings. The third-order valence-electron chi connectivity index (χ3n) is 4.07. The van der Waals surface area contributed by atoms with Crippen LogP contribution in [0.4, 0.5) is 5.69 Å². The van der Waals surface area contributed by atoms with E-state index < -0.39 is 5.91 Å². The minimum absolute atomic E-state index is 0.135. The first-order chi connectivity index (χ1) is 13.0. The normalized spacial score (nSPS) is 10.8. The number of thioether (sulfide) groups is 1. The van der Waals surface area contributed by atoms with Gasteiger partial charge in [0.05, 0.1) is 6.54 Å². The highest BCUT2D eigenvalue weighted by Gasteiger charge is 2.20. The zero-order valence-corrected chi connectivity index (χ0v) is 17.4. The maximum Gasteiger partial charge on any atom is 0.287 e. The molecular formula is C20H19BrN2O3S. The maximum absolute atomic E-state index is 12.6. The molecule has 0 saturated heterocycles. The van der Waals surface area contributed by atoms with E-state index in [1.807, 2.05) is 55.6 Å². The van der Waals surface area contributed by atoms with Crippen LogP contribution in [0, 0.1) is 6.92 Å². The number of halogens is 1. The number of aryl methyl sites for hydroxylation is 1. The molecular weight excluding hydrogens is 428 g/mol. The summed E-state index contributed by atoms with van der Waals surface area (Å²) < 4.78 is 6.68. The average Bonchev–Trinajstić information content (AvgIpc) is 3.01. The number of nitrogens with one attached hydrogen (secondary N) is 2. The molecule has 0 saturated carbocycles. The number of carbonyl (C=O) groups excluding carboxylic acids is 2. The summed E-state index contributed by atoms with van der Waals surface area (Å²) in [6.45, 7) is 1.77. The first-order valence-electron chi connectivity index (χ1n) is 8.33. The molecule has 2 N–H and O–H groups in total. The quantitative estimate of drug-likeness (QED) is 0.573. The van der Waals surface area contributed by atoms with Gasteiger partial charge >= 0.3 is 0 Å². The van der Waals surface area contributed by atoms with Crippen LogP contribution in [0.2, 0.25) is 0 Å². The van der Waals surface area contributed by atoms with Crippen molar-refractivity contribution in [2.45, 2.75) is 12.7 Å². The Balaban J connectivity index is 1.69. The zero-order chi connectivity index (χ0) is 19.4. The first-order valence-corrected chi connectivity index (χ1v) is 10.5. The fraction of sp³-hybridized carbons (Fsp3) is 0.200. The Hall–Kier alpha value is -2.25. The van der Waals surface area contributed by atoms with Crippen molar-refractivity contribution in [2.24, 2.45) is 0 Å². The molecule has 0 fully saturated rings. The highest BCUT2D eigenvalue weighted by molar-refractivity contribution is 9.10. The van der Waals surface area contributed by atoms with Crippen molar-refractivity contribution in [3.63, 3.8) is 0 Å². The molecule has 0 radical (unpaired) electrons. The molecule has 140 valence electrons. The summed E-state index contributed by atoms with van der Waals surface area (Å²) >= 11 is 5.00. The average molecular weight is 447 g/mol. The fourth-order valence-electron chi connectivity index (χ4n) is 2.77. The Kier molecular flexibility index (Phi) is 6.23. The fourth-order valence-corrected chi connectivity index (χ4v) is 3.82. The van der Waals surface area contributed by atoms with Gasteiger partial charge in [-0.2, -0.15) is 11.8 Å². The molecule has 7 heteroatoms. The minimum atomic E-state index is -0.391. The molecule has 0 spiro atoms. The molecule has 0 bridgehead atoms. The molecule has 0 aliphatic heterocycles. The van der Waals surface area contributed by atoms with Crippen LogP contribution in [-0.2, 0) is 10.5 Å². The molecule has 1 heterocycles. The Morgan fingerprint density at radius 2 is 1.96 bits per heavy atom. The van der Waals surface area contributed by atoms with Gasteiger partial charge in [0.15, 0.2) is 5.76 Å². The van der Waals surface area contributed by atoms with Crippen molar-refractivity contribution in [1.82, 2.24) is 5.32 Å². The summed E-state index contributed by atoms with van der Waals surface area (Å²) in [6, 6.07) is 13.1. The second-order valence-corrected chi connectivity index (χ2v) is 7.81. The second-order valence-electron chi connectivity index (χ2n) is 6.03. The van der Waals surface area contributed by atoms with E-state index in [1.165, 1.54) is 0 Å². The molecule has 0 aliphatic rings. The van der Waals surface area contributed by atoms with E-state index >= 15 is 0 Å². The predicted octanol–water partition coefficient (Wildman–Crippen LogP) is 4.74. The van der Waals surface area contributed by atoms with E-state index in [1.54, 1.807) is 11.8 Å². The topological polar surface area (TPSA) is 71.3 Å². The van der Waals surface area contributed by atoms with Crippen LogP contribution in [0.5, 0.6) is 0 Å². The summed E-state index contributed by atoms with van der Waals surface area (Å²) in [7, 11) is 0. The Labute approximate surface area is 170 Å². The van der Waals surface area contributed by atoms with E-state index in [-0.39, 0.29) is 18.2 Å². The van der Waals surface area contributed by atoms with Crippen LogP contribution in [-0.4, -0.2) is 24.6 Å². The number of rotatable bonds is 6. The van der Waals surface area contributed by atoms with Crippen LogP contribution in [0.25, 0.3) is 11.0 Å². The van der Waals surface area contributed by atoms with Gasteiger partial charge in [0.2, 0.25) is 5.91 Å². The lowest BCUT2D eigenvalue weighted by molar-refractivity contribution is -0.115. The monoisotopic (exact) mass is 446 g/mol. The van der Waals surface area contributed by atoms with Gasteiger partial charge in [-0.05, 0) is 43.0 Å². The van der Waals surface area contributed by atoms with Crippen LogP contribution < -0.4 is 10.6 Å². The van der Waals surface area contributed by atoms with E-state index in [0.717, 1.165) is 21.0 Å². The van der Waals surface area contributed by atoms with Gasteiger partial charge in [0.25, 0.3) is 5.91 Å². The highest BCUT2D eigenvalue weighted by Crippen LogP contribution is 2.28. The lowest BCUT2D eigenvalue weighted by atomic mass is 10.1. The molecule has 1 aromatic heterocycles. The molecule has 0 aliphatic carbocycles. The second kappa shape index (κ2) is 8.63. The molecule has 2 aromatic carbocycles. The van der Waals surface area contributed by atoms with Gasteiger partial charge in [-0.1, -0.05) is 34.1 Å². The number of benzene rings is 2. The number of fused-ring (bicyclic) bond motifs is 1. The molecule has 27 heavy (non-hydrogen) atoms. The van der Waals surface area contributed by atoms with E-state index in [0.29, 0.717) is 17.0 Å². The Morgan fingerprint density at radius 3 is 2.70 bits per heavy atom. The summed E-state index contributed by atoms with van der Waals surface area (Å²) in [5, 5.41) is 6.37. The molecule has 3 rings (SSSR count). The third kappa shape index (κ3) is 4.54. The predicted molar refractivity (Wildman–Crippen MR) is 113 cm³/mol. The van der Waals surface area contributed by atoms with Crippen LogP contribution in [0.1, 0.15) is 21.7 Å². The Morgan fingerprint density at radius 1 is 1.19 bits per heavy atom. The summed E-state index contributed by atoms with van der Waals surface area (Å²) in [5.74, 6) is 0.233. The van der Waals surface area contributed by atoms with Gasteiger partial charge in [-0.25, -0.2) is 0 Å². The van der Waals surface area contributed by atoms with Crippen molar-refractivity contribution >= 4 is 56.2 Å². The number of para-hydroxylation sites is 1. The van der Waals surface area contributed by atoms with Crippen molar-refractivity contribution in [3.05, 3.63) is 63.8 Å². The SMILES string of the molecule is CSCc1c(C(=O)NCC(=O)Nc2ccc(Br)cc2C)oc2ccccc12. The van der Waals surface area contributed by atoms with Gasteiger partial charge in [-0.3, -0.25) is 9.59 Å². The van der Waals surface area contributed by atoms with Crippen molar-refractivity contribution in [1.29, 1.82) is 0 Å². The van der Waals surface area contributed by atoms with Gasteiger partial charge in [0.1, 0.15) is 5.58 Å². The number of furan rings is 1. The first kappa shape index (κ1) is 19.5. The smallest absolute Gasteiger partial charge is 0.287 e. The number of carbonyl (C=O) groups is 2. The summed E-state index contributed by atoms with van der Waals surface area (Å²) in [6.07, 6.45) is 1.97. The Bertz CT molecular complexity index is 1000. The van der Waals surface area contributed by atoms with E-state index in [4.69, 9.17) is 4.42 Å². The number of hydrogen-bond donors (Lipinski definition) is 2. The van der Waals surface area contributed by atoms with Crippen molar-refractivity contribution < 1.29 is 14.0 Å². The van der Waals surface area contributed by atoms with Crippen LogP contribution >= 0.6 is 27.7 Å². The van der Waals surface area contributed by atoms with Gasteiger partial charge in [-0.15, -0.1) is 0 Å². The maximum atomic E-state index is 12.6. The summed E-state index contributed by atoms with van der Waals surface area (Å²) in [5.41, 5.74) is 3.16. The van der Waals surface area contributed by atoms with Gasteiger partial charge in [0, 0.05) is 26.9 Å². The van der Waals surface area contributed by atoms with Gasteiger partial charge < -0.3 is 15.1 Å². The molecule has 2 amide bonds. The number of amides is 2. The lowest BCUT2D eigenvalue weighted by Gasteiger charge is -2.09. The lowest BCUT2D eigenvalue weighted by Crippen LogP contribution is -2.33. The zero-order valence-electron chi connectivity index (χ0n) is 15.0. The van der Waals surface area contributed by atoms with Crippen molar-refractivity contribution in [3.8, 4) is 0 Å². The van der Waals surface area contributed by atoms with Crippen LogP contribution in [0.15, 0.2) is 51.4 Å².